The van der Waals surface area contributed by atoms with E-state index in [0.29, 0.717) is 31.9 Å². The molecule has 0 radical (unpaired) electrons. The number of nitrogens with one attached hydrogen (secondary N) is 1. The molecule has 1 amide bonds. The second kappa shape index (κ2) is 8.00. The Bertz CT molecular complexity index is 502. The van der Waals surface area contributed by atoms with Gasteiger partial charge in [0.05, 0.1) is 11.5 Å². The van der Waals surface area contributed by atoms with Crippen LogP contribution in [0.5, 0.6) is 0 Å². The van der Waals surface area contributed by atoms with Crippen LogP contribution in [-0.2, 0) is 9.53 Å². The number of nitrogens with zero attached hydrogens (tertiary/aromatic N) is 2. The maximum absolute atomic E-state index is 11.6. The molecule has 0 fully saturated rings. The van der Waals surface area contributed by atoms with Gasteiger partial charge in [0.25, 0.3) is 5.69 Å². The number of pyridine rings is 1. The molecule has 7 nitrogen and oxygen atoms in total. The van der Waals surface area contributed by atoms with E-state index >= 15 is 0 Å². The van der Waals surface area contributed by atoms with Crippen LogP contribution >= 0.6 is 0 Å². The van der Waals surface area contributed by atoms with Crippen molar-refractivity contribution in [1.29, 1.82) is 0 Å². The van der Waals surface area contributed by atoms with Gasteiger partial charge in [-0.05, 0) is 19.4 Å². The van der Waals surface area contributed by atoms with Crippen LogP contribution in [0.15, 0.2) is 24.8 Å². The van der Waals surface area contributed by atoms with E-state index in [0.717, 1.165) is 0 Å². The van der Waals surface area contributed by atoms with E-state index in [1.54, 1.807) is 6.08 Å². The van der Waals surface area contributed by atoms with Gasteiger partial charge in [0.2, 0.25) is 5.91 Å². The zero-order valence-electron chi connectivity index (χ0n) is 11.3. The zero-order chi connectivity index (χ0) is 15.0. The summed E-state index contributed by atoms with van der Waals surface area (Å²) in [6.45, 7) is 5.98. The van der Waals surface area contributed by atoms with Gasteiger partial charge in [0.1, 0.15) is 11.5 Å². The van der Waals surface area contributed by atoms with Crippen molar-refractivity contribution in [2.75, 3.05) is 18.5 Å². The minimum atomic E-state index is -0.509. The number of carbonyl (C=O) groups is 1. The first-order valence-corrected chi connectivity index (χ1v) is 6.15. The fraction of sp³-hybridized carbons (Fsp3) is 0.385. The molecule has 0 aromatic carbocycles. The summed E-state index contributed by atoms with van der Waals surface area (Å²) in [7, 11) is 0. The first kappa shape index (κ1) is 15.8. The van der Waals surface area contributed by atoms with E-state index < -0.39 is 4.92 Å². The molecule has 0 saturated heterocycles. The third-order valence-corrected chi connectivity index (χ3v) is 2.45. The largest absolute Gasteiger partial charge is 0.377 e. The molecule has 20 heavy (non-hydrogen) atoms. The van der Waals surface area contributed by atoms with Gasteiger partial charge in [-0.15, -0.1) is 6.58 Å². The number of nitro groups is 1. The summed E-state index contributed by atoms with van der Waals surface area (Å²) in [6, 6.07) is 2.74. The van der Waals surface area contributed by atoms with Crippen LogP contribution in [0, 0.1) is 17.0 Å². The van der Waals surface area contributed by atoms with Crippen LogP contribution in [0.25, 0.3) is 0 Å². The third kappa shape index (κ3) is 5.15. The smallest absolute Gasteiger partial charge is 0.290 e. The second-order valence-corrected chi connectivity index (χ2v) is 4.07. The molecule has 108 valence electrons. The SMILES string of the molecule is C=CCOCCCC(=O)Nc1ccc([N+](=O)[O-])c(C)n1. The molecular weight excluding hydrogens is 262 g/mol. The number of ether oxygens (including phenoxy) is 1. The van der Waals surface area contributed by atoms with Crippen molar-refractivity contribution < 1.29 is 14.5 Å². The van der Waals surface area contributed by atoms with Crippen molar-refractivity contribution in [2.24, 2.45) is 0 Å². The lowest BCUT2D eigenvalue weighted by atomic mass is 10.3. The van der Waals surface area contributed by atoms with Crippen LogP contribution in [0.2, 0.25) is 0 Å². The van der Waals surface area contributed by atoms with Gasteiger partial charge in [0, 0.05) is 19.1 Å². The highest BCUT2D eigenvalue weighted by Crippen LogP contribution is 2.17. The summed E-state index contributed by atoms with van der Waals surface area (Å²) in [5.41, 5.74) is 0.197. The highest BCUT2D eigenvalue weighted by Gasteiger charge is 2.12. The second-order valence-electron chi connectivity index (χ2n) is 4.07. The molecule has 1 rings (SSSR count). The first-order chi connectivity index (χ1) is 9.54. The molecule has 1 aromatic rings. The molecule has 1 aromatic heterocycles. The molecule has 1 heterocycles. The number of carbonyl (C=O) groups excluding carboxylic acids is 1. The van der Waals surface area contributed by atoms with E-state index in [9.17, 15) is 14.9 Å². The molecule has 0 saturated carbocycles. The number of anilines is 1. The van der Waals surface area contributed by atoms with Crippen LogP contribution in [0.1, 0.15) is 18.5 Å². The van der Waals surface area contributed by atoms with Gasteiger partial charge in [-0.2, -0.15) is 0 Å². The molecule has 1 N–H and O–H groups in total. The monoisotopic (exact) mass is 279 g/mol. The summed E-state index contributed by atoms with van der Waals surface area (Å²) in [4.78, 5) is 25.7. The predicted molar refractivity (Wildman–Crippen MR) is 74.5 cm³/mol. The molecule has 0 bridgehead atoms. The summed E-state index contributed by atoms with van der Waals surface area (Å²) in [5, 5.41) is 13.2. The molecule has 0 aliphatic rings. The number of aryl methyl sites for hydroxylation is 1. The van der Waals surface area contributed by atoms with E-state index in [1.807, 2.05) is 0 Å². The van der Waals surface area contributed by atoms with Crippen LogP contribution in [0.3, 0.4) is 0 Å². The number of rotatable bonds is 8. The van der Waals surface area contributed by atoms with Gasteiger partial charge in [-0.25, -0.2) is 4.98 Å². The average molecular weight is 279 g/mol. The lowest BCUT2D eigenvalue weighted by molar-refractivity contribution is -0.385. The predicted octanol–water partition coefficient (Wildman–Crippen LogP) is 2.22. The minimum absolute atomic E-state index is 0.0687. The Balaban J connectivity index is 2.44. The van der Waals surface area contributed by atoms with E-state index in [4.69, 9.17) is 4.74 Å². The van der Waals surface area contributed by atoms with Crippen LogP contribution in [0.4, 0.5) is 11.5 Å². The quantitative estimate of drug-likeness (QED) is 0.341. The first-order valence-electron chi connectivity index (χ1n) is 6.15. The van der Waals surface area contributed by atoms with Gasteiger partial charge in [-0.3, -0.25) is 14.9 Å². The highest BCUT2D eigenvalue weighted by molar-refractivity contribution is 5.89. The Labute approximate surface area is 116 Å². The van der Waals surface area contributed by atoms with E-state index in [-0.39, 0.29) is 17.3 Å². The Morgan fingerprint density at radius 1 is 1.60 bits per heavy atom. The Kier molecular flexibility index (Phi) is 6.31. The van der Waals surface area contributed by atoms with Crippen molar-refractivity contribution >= 4 is 17.4 Å². The topological polar surface area (TPSA) is 94.4 Å². The summed E-state index contributed by atoms with van der Waals surface area (Å²) >= 11 is 0. The molecule has 7 heteroatoms. The van der Waals surface area contributed by atoms with Gasteiger partial charge in [0.15, 0.2) is 0 Å². The van der Waals surface area contributed by atoms with E-state index in [2.05, 4.69) is 16.9 Å². The third-order valence-electron chi connectivity index (χ3n) is 2.45. The molecule has 0 unspecified atom stereocenters. The lowest BCUT2D eigenvalue weighted by Crippen LogP contribution is -2.13. The Hall–Kier alpha value is -2.28. The summed E-state index contributed by atoms with van der Waals surface area (Å²) < 4.78 is 5.16. The van der Waals surface area contributed by atoms with Crippen LogP contribution in [-0.4, -0.2) is 29.0 Å². The molecule has 0 spiro atoms. The number of hydrogen-bond donors (Lipinski definition) is 1. The zero-order valence-corrected chi connectivity index (χ0v) is 11.3. The minimum Gasteiger partial charge on any atom is -0.377 e. The Morgan fingerprint density at radius 2 is 2.35 bits per heavy atom. The fourth-order valence-corrected chi connectivity index (χ4v) is 1.52. The van der Waals surface area contributed by atoms with Gasteiger partial charge in [-0.1, -0.05) is 6.08 Å². The number of amides is 1. The summed E-state index contributed by atoms with van der Waals surface area (Å²) in [6.07, 6.45) is 2.53. The number of hydrogen-bond acceptors (Lipinski definition) is 5. The average Bonchev–Trinajstić information content (AvgIpc) is 2.38. The maximum atomic E-state index is 11.6. The number of aromatic nitrogens is 1. The lowest BCUT2D eigenvalue weighted by Gasteiger charge is -2.05. The van der Waals surface area contributed by atoms with Gasteiger partial charge >= 0.3 is 0 Å². The molecular formula is C13H17N3O4. The summed E-state index contributed by atoms with van der Waals surface area (Å²) in [5.74, 6) is 0.109. The van der Waals surface area contributed by atoms with Crippen molar-refractivity contribution in [3.63, 3.8) is 0 Å². The molecule has 0 aliphatic carbocycles. The van der Waals surface area contributed by atoms with Crippen molar-refractivity contribution in [3.8, 4) is 0 Å². The normalized spacial score (nSPS) is 10.1. The molecule has 0 atom stereocenters. The molecule has 0 aliphatic heterocycles. The van der Waals surface area contributed by atoms with Crippen molar-refractivity contribution in [1.82, 2.24) is 4.98 Å². The van der Waals surface area contributed by atoms with Crippen molar-refractivity contribution in [3.05, 3.63) is 40.6 Å². The fourth-order valence-electron chi connectivity index (χ4n) is 1.52. The van der Waals surface area contributed by atoms with E-state index in [1.165, 1.54) is 19.1 Å². The van der Waals surface area contributed by atoms with Gasteiger partial charge < -0.3 is 10.1 Å². The highest BCUT2D eigenvalue weighted by atomic mass is 16.6. The van der Waals surface area contributed by atoms with Crippen molar-refractivity contribution in [2.45, 2.75) is 19.8 Å². The Morgan fingerprint density at radius 3 is 2.95 bits per heavy atom. The maximum Gasteiger partial charge on any atom is 0.290 e. The van der Waals surface area contributed by atoms with Crippen LogP contribution < -0.4 is 5.32 Å². The standard InChI is InChI=1S/C13H17N3O4/c1-3-8-20-9-4-5-13(17)15-12-7-6-11(16(18)19)10(2)14-12/h3,6-7H,1,4-5,8-9H2,2H3,(H,14,15,17).